The van der Waals surface area contributed by atoms with E-state index in [1.165, 1.54) is 51.4 Å². The molecule has 1 nitrogen and oxygen atoms in total. The minimum absolute atomic E-state index is 0.402. The first-order chi connectivity index (χ1) is 9.31. The topological polar surface area (TPSA) is 26.0 Å². The van der Waals surface area contributed by atoms with Gasteiger partial charge in [0.15, 0.2) is 0 Å². The van der Waals surface area contributed by atoms with Crippen LogP contribution >= 0.6 is 11.3 Å². The molecule has 2 heteroatoms. The van der Waals surface area contributed by atoms with Crippen molar-refractivity contribution in [1.82, 2.24) is 0 Å². The normalized spacial score (nSPS) is 32.8. The van der Waals surface area contributed by atoms with Crippen LogP contribution in [0.4, 0.5) is 0 Å². The molecule has 0 bridgehead atoms. The molecule has 4 atom stereocenters. The molecule has 0 saturated heterocycles. The summed E-state index contributed by atoms with van der Waals surface area (Å²) in [7, 11) is 0. The van der Waals surface area contributed by atoms with Crippen LogP contribution in [0, 0.1) is 11.8 Å². The molecule has 1 heterocycles. The first-order valence-corrected chi connectivity index (χ1v) is 9.01. The van der Waals surface area contributed by atoms with Crippen LogP contribution in [0.1, 0.15) is 68.2 Å². The van der Waals surface area contributed by atoms with Crippen LogP contribution in [-0.4, -0.2) is 6.04 Å². The predicted molar refractivity (Wildman–Crippen MR) is 83.7 cm³/mol. The average molecular weight is 277 g/mol. The molecule has 1 aromatic heterocycles. The second kappa shape index (κ2) is 5.97. The maximum atomic E-state index is 6.77. The molecule has 4 unspecified atom stereocenters. The molecule has 1 fully saturated rings. The number of hydrogen-bond donors (Lipinski definition) is 1. The van der Waals surface area contributed by atoms with Crippen molar-refractivity contribution in [3.8, 4) is 0 Å². The Morgan fingerprint density at radius 3 is 2.95 bits per heavy atom. The van der Waals surface area contributed by atoms with E-state index in [4.69, 9.17) is 5.73 Å². The molecule has 0 amide bonds. The van der Waals surface area contributed by atoms with E-state index >= 15 is 0 Å². The number of rotatable bonds is 3. The van der Waals surface area contributed by atoms with E-state index in [1.54, 1.807) is 10.4 Å². The molecule has 2 N–H and O–H groups in total. The first-order valence-electron chi connectivity index (χ1n) is 8.13. The average Bonchev–Trinajstić information content (AvgIpc) is 2.94. The van der Waals surface area contributed by atoms with Gasteiger partial charge in [0.05, 0.1) is 0 Å². The fourth-order valence-electron chi connectivity index (χ4n) is 4.47. The Labute approximate surface area is 121 Å². The van der Waals surface area contributed by atoms with E-state index < -0.39 is 0 Å². The molecule has 2 aliphatic rings. The maximum absolute atomic E-state index is 6.77. The second-order valence-electron chi connectivity index (χ2n) is 6.49. The second-order valence-corrected chi connectivity index (χ2v) is 7.49. The highest BCUT2D eigenvalue weighted by Gasteiger charge is 2.35. The summed E-state index contributed by atoms with van der Waals surface area (Å²) in [6.45, 7) is 2.35. The van der Waals surface area contributed by atoms with Crippen molar-refractivity contribution in [3.05, 3.63) is 21.9 Å². The van der Waals surface area contributed by atoms with Crippen LogP contribution < -0.4 is 5.73 Å². The smallest absolute Gasteiger partial charge is 0.0139 e. The van der Waals surface area contributed by atoms with Crippen LogP contribution in [0.2, 0.25) is 0 Å². The fraction of sp³-hybridized carbons (Fsp3) is 0.765. The number of nitrogens with two attached hydrogens (primary N) is 1. The fourth-order valence-corrected chi connectivity index (χ4v) is 5.47. The minimum atomic E-state index is 0.402. The van der Waals surface area contributed by atoms with Crippen LogP contribution in [0.5, 0.6) is 0 Å². The summed E-state index contributed by atoms with van der Waals surface area (Å²) in [6, 6.07) is 2.76. The molecule has 0 spiro atoms. The van der Waals surface area contributed by atoms with Gasteiger partial charge in [0.1, 0.15) is 0 Å². The molecule has 0 radical (unpaired) electrons. The summed E-state index contributed by atoms with van der Waals surface area (Å²) in [5.74, 6) is 2.30. The SMILES string of the molecule is CCC1CCCCC1C(N)C1CCCc2sccc21. The summed E-state index contributed by atoms with van der Waals surface area (Å²) in [5.41, 5.74) is 8.37. The van der Waals surface area contributed by atoms with Gasteiger partial charge in [-0.3, -0.25) is 0 Å². The lowest BCUT2D eigenvalue weighted by atomic mass is 9.68. The highest BCUT2D eigenvalue weighted by atomic mass is 32.1. The van der Waals surface area contributed by atoms with Crippen molar-refractivity contribution in [2.75, 3.05) is 0 Å². The lowest BCUT2D eigenvalue weighted by Crippen LogP contribution is -2.42. The van der Waals surface area contributed by atoms with E-state index in [0.29, 0.717) is 12.0 Å². The Balaban J connectivity index is 1.79. The molecule has 1 saturated carbocycles. The largest absolute Gasteiger partial charge is 0.327 e. The van der Waals surface area contributed by atoms with Crippen LogP contribution in [0.25, 0.3) is 0 Å². The summed E-state index contributed by atoms with van der Waals surface area (Å²) in [5, 5.41) is 2.27. The third kappa shape index (κ3) is 2.62. The zero-order valence-electron chi connectivity index (χ0n) is 12.1. The summed E-state index contributed by atoms with van der Waals surface area (Å²) in [6.07, 6.45) is 10.9. The van der Waals surface area contributed by atoms with Crippen molar-refractivity contribution in [2.45, 2.75) is 70.3 Å². The van der Waals surface area contributed by atoms with E-state index in [-0.39, 0.29) is 0 Å². The standard InChI is InChI=1S/C17H27NS/c1-2-12-6-3-4-7-13(12)17(18)15-8-5-9-16-14(15)10-11-19-16/h10-13,15,17H,2-9,18H2,1H3. The Morgan fingerprint density at radius 2 is 2.11 bits per heavy atom. The van der Waals surface area contributed by atoms with Gasteiger partial charge in [0.2, 0.25) is 0 Å². The third-order valence-electron chi connectivity index (χ3n) is 5.55. The molecule has 0 aromatic carbocycles. The summed E-state index contributed by atoms with van der Waals surface area (Å²) >= 11 is 1.94. The maximum Gasteiger partial charge on any atom is 0.0139 e. The molecule has 0 aliphatic heterocycles. The van der Waals surface area contributed by atoms with Crippen molar-refractivity contribution in [2.24, 2.45) is 17.6 Å². The number of aryl methyl sites for hydroxylation is 1. The van der Waals surface area contributed by atoms with Crippen molar-refractivity contribution in [3.63, 3.8) is 0 Å². The van der Waals surface area contributed by atoms with Crippen molar-refractivity contribution < 1.29 is 0 Å². The number of hydrogen-bond acceptors (Lipinski definition) is 2. The van der Waals surface area contributed by atoms with Gasteiger partial charge in [-0.05, 0) is 54.5 Å². The molecule has 2 aliphatic carbocycles. The van der Waals surface area contributed by atoms with E-state index in [9.17, 15) is 0 Å². The number of thiophene rings is 1. The van der Waals surface area contributed by atoms with Crippen molar-refractivity contribution >= 4 is 11.3 Å². The molecule has 19 heavy (non-hydrogen) atoms. The molecule has 1 aromatic rings. The molecule has 3 rings (SSSR count). The summed E-state index contributed by atoms with van der Waals surface area (Å²) < 4.78 is 0. The van der Waals surface area contributed by atoms with Gasteiger partial charge < -0.3 is 5.73 Å². The minimum Gasteiger partial charge on any atom is -0.327 e. The lowest BCUT2D eigenvalue weighted by molar-refractivity contribution is 0.175. The zero-order chi connectivity index (χ0) is 13.2. The lowest BCUT2D eigenvalue weighted by Gasteiger charge is -2.40. The first kappa shape index (κ1) is 13.6. The molecular weight excluding hydrogens is 250 g/mol. The summed E-state index contributed by atoms with van der Waals surface area (Å²) in [4.78, 5) is 1.62. The van der Waals surface area contributed by atoms with E-state index in [1.807, 2.05) is 11.3 Å². The zero-order valence-corrected chi connectivity index (χ0v) is 12.9. The van der Waals surface area contributed by atoms with Gasteiger partial charge in [0, 0.05) is 16.8 Å². The Bertz CT molecular complexity index is 411. The van der Waals surface area contributed by atoms with Gasteiger partial charge in [-0.25, -0.2) is 0 Å². The Hall–Kier alpha value is -0.340. The Morgan fingerprint density at radius 1 is 1.26 bits per heavy atom. The highest BCUT2D eigenvalue weighted by molar-refractivity contribution is 7.10. The quantitative estimate of drug-likeness (QED) is 0.850. The third-order valence-corrected chi connectivity index (χ3v) is 6.55. The van der Waals surface area contributed by atoms with Gasteiger partial charge in [-0.1, -0.05) is 32.6 Å². The van der Waals surface area contributed by atoms with Gasteiger partial charge >= 0.3 is 0 Å². The van der Waals surface area contributed by atoms with Gasteiger partial charge in [-0.2, -0.15) is 0 Å². The van der Waals surface area contributed by atoms with Gasteiger partial charge in [0.25, 0.3) is 0 Å². The Kier molecular flexibility index (Phi) is 4.28. The predicted octanol–water partition coefficient (Wildman–Crippen LogP) is 4.71. The molecular formula is C17H27NS. The van der Waals surface area contributed by atoms with E-state index in [2.05, 4.69) is 18.4 Å². The van der Waals surface area contributed by atoms with Crippen molar-refractivity contribution in [1.29, 1.82) is 0 Å². The van der Waals surface area contributed by atoms with Crippen LogP contribution in [-0.2, 0) is 6.42 Å². The van der Waals surface area contributed by atoms with Crippen LogP contribution in [0.15, 0.2) is 11.4 Å². The molecule has 106 valence electrons. The van der Waals surface area contributed by atoms with Crippen LogP contribution in [0.3, 0.4) is 0 Å². The monoisotopic (exact) mass is 277 g/mol. The van der Waals surface area contributed by atoms with Gasteiger partial charge in [-0.15, -0.1) is 11.3 Å². The number of fused-ring (bicyclic) bond motifs is 1. The van der Waals surface area contributed by atoms with E-state index in [0.717, 1.165) is 11.8 Å². The highest BCUT2D eigenvalue weighted by Crippen LogP contribution is 2.43.